The fraction of sp³-hybridized carbons (Fsp3) is 0.759. The lowest BCUT2D eigenvalue weighted by Crippen LogP contribution is -2.39. The van der Waals surface area contributed by atoms with E-state index in [9.17, 15) is 4.79 Å². The third-order valence-electron chi connectivity index (χ3n) is 8.15. The number of benzene rings is 1. The van der Waals surface area contributed by atoms with Crippen LogP contribution in [0.25, 0.3) is 0 Å². The molecule has 0 N–H and O–H groups in total. The molecular formula is C29H48O3. The Balaban J connectivity index is 2.06. The van der Waals surface area contributed by atoms with E-state index in [0.29, 0.717) is 11.8 Å². The maximum atomic E-state index is 12.6. The Kier molecular flexibility index (Phi) is 9.25. The molecule has 1 aromatic rings. The molecule has 0 heterocycles. The number of hydrogen-bond donors (Lipinski definition) is 0. The highest BCUT2D eigenvalue weighted by atomic mass is 16.6. The van der Waals surface area contributed by atoms with Crippen molar-refractivity contribution in [1.29, 1.82) is 0 Å². The summed E-state index contributed by atoms with van der Waals surface area (Å²) in [7, 11) is 0. The molecular weight excluding hydrogens is 396 g/mol. The minimum absolute atomic E-state index is 0.0398. The van der Waals surface area contributed by atoms with Gasteiger partial charge in [0.1, 0.15) is 11.4 Å². The smallest absolute Gasteiger partial charge is 0.344 e. The Bertz CT molecular complexity index is 726. The largest absolute Gasteiger partial charge is 0.482 e. The molecule has 0 bridgehead atoms. The Morgan fingerprint density at radius 1 is 1.00 bits per heavy atom. The van der Waals surface area contributed by atoms with Gasteiger partial charge in [-0.05, 0) is 73.5 Å². The standard InChI is InChI=1S/C29H48O3/c1-9-27(3,4)20-25(28(5,6)10-2)22-15-14-18-24(19-22)31-21-26(30)32-29(7,8)23-16-12-11-13-17-23/h14-15,18-19,23,25H,9-13,16-17,20-21H2,1-8H3. The minimum Gasteiger partial charge on any atom is -0.482 e. The zero-order valence-electron chi connectivity index (χ0n) is 22.1. The Labute approximate surface area is 197 Å². The van der Waals surface area contributed by atoms with Crippen LogP contribution >= 0.6 is 0 Å². The highest BCUT2D eigenvalue weighted by molar-refractivity contribution is 5.71. The van der Waals surface area contributed by atoms with Crippen molar-refractivity contribution in [2.75, 3.05) is 6.61 Å². The highest BCUT2D eigenvalue weighted by Gasteiger charge is 2.35. The van der Waals surface area contributed by atoms with Crippen LogP contribution in [0.5, 0.6) is 5.75 Å². The first-order chi connectivity index (χ1) is 14.9. The molecule has 1 saturated carbocycles. The van der Waals surface area contributed by atoms with Crippen molar-refractivity contribution in [2.24, 2.45) is 16.7 Å². The van der Waals surface area contributed by atoms with Crippen LogP contribution in [0, 0.1) is 16.7 Å². The fourth-order valence-corrected chi connectivity index (χ4v) is 4.96. The van der Waals surface area contributed by atoms with Crippen LogP contribution in [-0.4, -0.2) is 18.2 Å². The Morgan fingerprint density at radius 3 is 2.25 bits per heavy atom. The van der Waals surface area contributed by atoms with Crippen LogP contribution in [0.4, 0.5) is 0 Å². The van der Waals surface area contributed by atoms with Gasteiger partial charge in [-0.15, -0.1) is 0 Å². The van der Waals surface area contributed by atoms with E-state index in [1.165, 1.54) is 24.8 Å². The van der Waals surface area contributed by atoms with E-state index in [-0.39, 0.29) is 23.4 Å². The molecule has 0 radical (unpaired) electrons. The van der Waals surface area contributed by atoms with E-state index in [1.54, 1.807) is 0 Å². The van der Waals surface area contributed by atoms with E-state index >= 15 is 0 Å². The molecule has 1 aliphatic carbocycles. The predicted octanol–water partition coefficient (Wildman–Crippen LogP) is 8.31. The molecule has 1 aromatic carbocycles. The van der Waals surface area contributed by atoms with Gasteiger partial charge in [0.2, 0.25) is 0 Å². The van der Waals surface area contributed by atoms with Crippen LogP contribution in [-0.2, 0) is 9.53 Å². The first-order valence-electron chi connectivity index (χ1n) is 12.8. The topological polar surface area (TPSA) is 35.5 Å². The second kappa shape index (κ2) is 11.1. The molecule has 1 aliphatic rings. The second-order valence-electron chi connectivity index (χ2n) is 11.9. The van der Waals surface area contributed by atoms with E-state index in [1.807, 2.05) is 6.07 Å². The summed E-state index contributed by atoms with van der Waals surface area (Å²) in [6.45, 7) is 18.0. The minimum atomic E-state index is -0.426. The molecule has 2 rings (SSSR count). The van der Waals surface area contributed by atoms with E-state index < -0.39 is 5.60 Å². The molecule has 3 nitrogen and oxygen atoms in total. The lowest BCUT2D eigenvalue weighted by atomic mass is 9.66. The zero-order valence-corrected chi connectivity index (χ0v) is 22.1. The molecule has 1 atom stereocenters. The van der Waals surface area contributed by atoms with Gasteiger partial charge >= 0.3 is 5.97 Å². The van der Waals surface area contributed by atoms with E-state index in [0.717, 1.165) is 37.9 Å². The monoisotopic (exact) mass is 444 g/mol. The third-order valence-corrected chi connectivity index (χ3v) is 8.15. The SMILES string of the molecule is CCC(C)(C)CC(c1cccc(OCC(=O)OC(C)(C)C2CCCCC2)c1)C(C)(C)CC. The van der Waals surface area contributed by atoms with Crippen molar-refractivity contribution in [3.8, 4) is 5.75 Å². The van der Waals surface area contributed by atoms with Crippen molar-refractivity contribution < 1.29 is 14.3 Å². The highest BCUT2D eigenvalue weighted by Crippen LogP contribution is 2.46. The molecule has 32 heavy (non-hydrogen) atoms. The summed E-state index contributed by atoms with van der Waals surface area (Å²) in [4.78, 5) is 12.6. The third kappa shape index (κ3) is 7.52. The number of carbonyl (C=O) groups is 1. The van der Waals surface area contributed by atoms with Crippen LogP contribution in [0.15, 0.2) is 24.3 Å². The first-order valence-corrected chi connectivity index (χ1v) is 12.8. The van der Waals surface area contributed by atoms with Crippen molar-refractivity contribution >= 4 is 5.97 Å². The summed E-state index contributed by atoms with van der Waals surface area (Å²) in [5.41, 5.74) is 1.34. The average Bonchev–Trinajstić information content (AvgIpc) is 2.76. The molecule has 0 spiro atoms. The van der Waals surface area contributed by atoms with Crippen LogP contribution in [0.3, 0.4) is 0 Å². The Hall–Kier alpha value is -1.51. The van der Waals surface area contributed by atoms with Gasteiger partial charge in [0.15, 0.2) is 6.61 Å². The lowest BCUT2D eigenvalue weighted by Gasteiger charge is -2.39. The summed E-state index contributed by atoms with van der Waals surface area (Å²) >= 11 is 0. The molecule has 0 amide bonds. The number of ether oxygens (including phenoxy) is 2. The van der Waals surface area contributed by atoms with Gasteiger partial charge in [-0.1, -0.05) is 85.8 Å². The number of carbonyl (C=O) groups excluding carboxylic acids is 1. The van der Waals surface area contributed by atoms with Gasteiger partial charge in [-0.25, -0.2) is 4.79 Å². The van der Waals surface area contributed by atoms with Gasteiger partial charge in [0.25, 0.3) is 0 Å². The van der Waals surface area contributed by atoms with Gasteiger partial charge in [0.05, 0.1) is 0 Å². The quantitative estimate of drug-likeness (QED) is 0.322. The normalized spacial score (nSPS) is 17.1. The zero-order chi connectivity index (χ0) is 24.0. The van der Waals surface area contributed by atoms with Gasteiger partial charge < -0.3 is 9.47 Å². The van der Waals surface area contributed by atoms with Gasteiger partial charge in [-0.3, -0.25) is 0 Å². The number of esters is 1. The molecule has 0 aromatic heterocycles. The average molecular weight is 445 g/mol. The molecule has 0 saturated heterocycles. The molecule has 3 heteroatoms. The van der Waals surface area contributed by atoms with Crippen molar-refractivity contribution in [1.82, 2.24) is 0 Å². The Morgan fingerprint density at radius 2 is 1.66 bits per heavy atom. The fourth-order valence-electron chi connectivity index (χ4n) is 4.96. The molecule has 182 valence electrons. The summed E-state index contributed by atoms with van der Waals surface area (Å²) in [5.74, 6) is 1.36. The van der Waals surface area contributed by atoms with Crippen LogP contribution in [0.2, 0.25) is 0 Å². The summed E-state index contributed by atoms with van der Waals surface area (Å²) in [6, 6.07) is 8.35. The van der Waals surface area contributed by atoms with Crippen molar-refractivity contribution in [2.45, 2.75) is 118 Å². The van der Waals surface area contributed by atoms with E-state index in [2.05, 4.69) is 73.6 Å². The molecule has 1 fully saturated rings. The number of hydrogen-bond acceptors (Lipinski definition) is 3. The number of rotatable bonds is 11. The van der Waals surface area contributed by atoms with Crippen LogP contribution in [0.1, 0.15) is 118 Å². The summed E-state index contributed by atoms with van der Waals surface area (Å²) < 4.78 is 11.8. The maximum Gasteiger partial charge on any atom is 0.344 e. The summed E-state index contributed by atoms with van der Waals surface area (Å²) in [6.07, 6.45) is 9.46. The van der Waals surface area contributed by atoms with Crippen LogP contribution < -0.4 is 4.74 Å². The predicted molar refractivity (Wildman–Crippen MR) is 134 cm³/mol. The lowest BCUT2D eigenvalue weighted by molar-refractivity contribution is -0.165. The maximum absolute atomic E-state index is 12.6. The van der Waals surface area contributed by atoms with Gasteiger partial charge in [0, 0.05) is 0 Å². The van der Waals surface area contributed by atoms with Gasteiger partial charge in [-0.2, -0.15) is 0 Å². The molecule has 0 aliphatic heterocycles. The second-order valence-corrected chi connectivity index (χ2v) is 11.9. The summed E-state index contributed by atoms with van der Waals surface area (Å²) in [5, 5.41) is 0. The molecule has 1 unspecified atom stereocenters. The van der Waals surface area contributed by atoms with E-state index in [4.69, 9.17) is 9.47 Å². The first kappa shape index (κ1) is 26.7. The van der Waals surface area contributed by atoms with Crippen molar-refractivity contribution in [3.05, 3.63) is 29.8 Å². The van der Waals surface area contributed by atoms with Crippen molar-refractivity contribution in [3.63, 3.8) is 0 Å².